The third kappa shape index (κ3) is 4.19. The molecule has 6 heteroatoms. The number of ether oxygens (including phenoxy) is 2. The maximum Gasteiger partial charge on any atom is 0.495 e. The van der Waals surface area contributed by atoms with Crippen LogP contribution in [0.25, 0.3) is 0 Å². The summed E-state index contributed by atoms with van der Waals surface area (Å²) < 4.78 is 21.2. The SMILES string of the molecule is C=COC.COC(=O)c1cccc(C)c1B1OC(C)(C)C(C)(C)O1. The van der Waals surface area contributed by atoms with Crippen molar-refractivity contribution in [3.8, 4) is 0 Å². The molecule has 0 aliphatic carbocycles. The summed E-state index contributed by atoms with van der Waals surface area (Å²) in [5.41, 5.74) is 1.32. The first-order valence-corrected chi connectivity index (χ1v) is 7.78. The van der Waals surface area contributed by atoms with Crippen LogP contribution in [-0.2, 0) is 18.8 Å². The second kappa shape index (κ2) is 7.86. The summed E-state index contributed by atoms with van der Waals surface area (Å²) in [4.78, 5) is 11.9. The molecule has 0 bridgehead atoms. The largest absolute Gasteiger partial charge is 0.505 e. The van der Waals surface area contributed by atoms with Crippen molar-refractivity contribution < 1.29 is 23.6 Å². The van der Waals surface area contributed by atoms with Gasteiger partial charge in [-0.05, 0) is 46.1 Å². The Morgan fingerprint density at radius 3 is 2.08 bits per heavy atom. The van der Waals surface area contributed by atoms with Gasteiger partial charge >= 0.3 is 13.1 Å². The Labute approximate surface area is 145 Å². The normalized spacial score (nSPS) is 17.5. The molecule has 5 nitrogen and oxygen atoms in total. The first kappa shape index (κ1) is 20.3. The van der Waals surface area contributed by atoms with Gasteiger partial charge in [0, 0.05) is 0 Å². The van der Waals surface area contributed by atoms with Crippen molar-refractivity contribution in [2.45, 2.75) is 45.8 Å². The maximum absolute atomic E-state index is 11.9. The van der Waals surface area contributed by atoms with Crippen molar-refractivity contribution in [3.63, 3.8) is 0 Å². The fraction of sp³-hybridized carbons (Fsp3) is 0.500. The molecule has 0 spiro atoms. The second-order valence-electron chi connectivity index (χ2n) is 6.52. The van der Waals surface area contributed by atoms with Crippen LogP contribution < -0.4 is 5.46 Å². The van der Waals surface area contributed by atoms with E-state index >= 15 is 0 Å². The molecule has 132 valence electrons. The Kier molecular flexibility index (Phi) is 6.63. The standard InChI is InChI=1S/C15H21BO4.C3H6O/c1-10-8-7-9-11(13(17)18-6)12(10)16-19-14(2,3)15(4,5)20-16;1-3-4-2/h7-9H,1-6H3;3H,1H2,2H3. The monoisotopic (exact) mass is 334 g/mol. The highest BCUT2D eigenvalue weighted by Gasteiger charge is 2.52. The lowest BCUT2D eigenvalue weighted by molar-refractivity contribution is 0.00578. The van der Waals surface area contributed by atoms with Crippen LogP contribution in [0.15, 0.2) is 31.0 Å². The van der Waals surface area contributed by atoms with E-state index in [-0.39, 0.29) is 5.97 Å². The molecule has 1 aliphatic heterocycles. The molecule has 1 saturated heterocycles. The van der Waals surface area contributed by atoms with E-state index in [1.807, 2.05) is 46.8 Å². The number of hydrogen-bond donors (Lipinski definition) is 0. The van der Waals surface area contributed by atoms with Gasteiger partial charge in [0.2, 0.25) is 0 Å². The first-order valence-electron chi connectivity index (χ1n) is 7.78. The minimum atomic E-state index is -0.560. The molecule has 1 fully saturated rings. The van der Waals surface area contributed by atoms with Crippen molar-refractivity contribution in [3.05, 3.63) is 42.2 Å². The van der Waals surface area contributed by atoms with E-state index < -0.39 is 18.3 Å². The van der Waals surface area contributed by atoms with Gasteiger partial charge in [-0.25, -0.2) is 4.79 Å². The number of esters is 1. The van der Waals surface area contributed by atoms with Crippen LogP contribution >= 0.6 is 0 Å². The average molecular weight is 334 g/mol. The van der Waals surface area contributed by atoms with Gasteiger partial charge in [0.15, 0.2) is 0 Å². The van der Waals surface area contributed by atoms with E-state index in [0.29, 0.717) is 5.56 Å². The number of rotatable bonds is 3. The van der Waals surface area contributed by atoms with Gasteiger partial charge < -0.3 is 18.8 Å². The number of hydrogen-bond acceptors (Lipinski definition) is 5. The number of aryl methyl sites for hydroxylation is 1. The van der Waals surface area contributed by atoms with Crippen LogP contribution in [-0.4, -0.2) is 38.5 Å². The summed E-state index contributed by atoms with van der Waals surface area (Å²) in [6.45, 7) is 13.2. The molecule has 0 atom stereocenters. The lowest BCUT2D eigenvalue weighted by Gasteiger charge is -2.32. The zero-order chi connectivity index (χ0) is 18.5. The van der Waals surface area contributed by atoms with Crippen molar-refractivity contribution in [2.24, 2.45) is 0 Å². The summed E-state index contributed by atoms with van der Waals surface area (Å²) in [7, 11) is 2.38. The zero-order valence-electron chi connectivity index (χ0n) is 15.6. The topological polar surface area (TPSA) is 54.0 Å². The highest BCUT2D eigenvalue weighted by Crippen LogP contribution is 2.37. The van der Waals surface area contributed by atoms with Gasteiger partial charge in [0.25, 0.3) is 0 Å². The van der Waals surface area contributed by atoms with Crippen LogP contribution in [0.1, 0.15) is 43.6 Å². The van der Waals surface area contributed by atoms with Gasteiger partial charge in [0.1, 0.15) is 0 Å². The lowest BCUT2D eigenvalue weighted by Crippen LogP contribution is -2.41. The van der Waals surface area contributed by atoms with E-state index in [1.54, 1.807) is 13.2 Å². The Hall–Kier alpha value is -1.79. The van der Waals surface area contributed by atoms with Gasteiger partial charge in [-0.1, -0.05) is 24.3 Å². The quantitative estimate of drug-likeness (QED) is 0.483. The Balaban J connectivity index is 0.000000648. The smallest absolute Gasteiger partial charge is 0.495 e. The summed E-state index contributed by atoms with van der Waals surface area (Å²) in [6, 6.07) is 5.50. The molecule has 0 N–H and O–H groups in total. The van der Waals surface area contributed by atoms with Crippen LogP contribution in [0.2, 0.25) is 0 Å². The summed E-state index contributed by atoms with van der Waals surface area (Å²) >= 11 is 0. The molecular formula is C18H27BO5. The minimum Gasteiger partial charge on any atom is -0.505 e. The molecule has 0 radical (unpaired) electrons. The zero-order valence-corrected chi connectivity index (χ0v) is 15.6. The van der Waals surface area contributed by atoms with E-state index in [9.17, 15) is 4.79 Å². The number of benzene rings is 1. The molecule has 1 heterocycles. The highest BCUT2D eigenvalue weighted by atomic mass is 16.7. The van der Waals surface area contributed by atoms with Crippen molar-refractivity contribution in [2.75, 3.05) is 14.2 Å². The van der Waals surface area contributed by atoms with Crippen LogP contribution in [0.3, 0.4) is 0 Å². The maximum atomic E-state index is 11.9. The van der Waals surface area contributed by atoms with Crippen molar-refractivity contribution in [1.29, 1.82) is 0 Å². The molecular weight excluding hydrogens is 307 g/mol. The summed E-state index contributed by atoms with van der Waals surface area (Å²) in [6.07, 6.45) is 1.38. The van der Waals surface area contributed by atoms with Crippen LogP contribution in [0.5, 0.6) is 0 Å². The molecule has 1 aromatic rings. The number of carbonyl (C=O) groups excluding carboxylic acids is 1. The van der Waals surface area contributed by atoms with Crippen molar-refractivity contribution >= 4 is 18.6 Å². The molecule has 24 heavy (non-hydrogen) atoms. The average Bonchev–Trinajstić information content (AvgIpc) is 2.74. The van der Waals surface area contributed by atoms with Crippen molar-refractivity contribution in [1.82, 2.24) is 0 Å². The molecule has 0 aromatic heterocycles. The lowest BCUT2D eigenvalue weighted by atomic mass is 9.73. The van der Waals surface area contributed by atoms with Gasteiger partial charge in [0.05, 0.1) is 37.2 Å². The predicted molar refractivity (Wildman–Crippen MR) is 95.4 cm³/mol. The fourth-order valence-corrected chi connectivity index (χ4v) is 2.24. The van der Waals surface area contributed by atoms with Gasteiger partial charge in [-0.2, -0.15) is 0 Å². The molecule has 0 saturated carbocycles. The van der Waals surface area contributed by atoms with E-state index in [2.05, 4.69) is 11.3 Å². The minimum absolute atomic E-state index is 0.376. The molecule has 2 rings (SSSR count). The predicted octanol–water partition coefficient (Wildman–Crippen LogP) is 2.86. The third-order valence-corrected chi connectivity index (χ3v) is 4.39. The van der Waals surface area contributed by atoms with Gasteiger partial charge in [-0.15, -0.1) is 0 Å². The first-order chi connectivity index (χ1) is 11.1. The van der Waals surface area contributed by atoms with Crippen LogP contribution in [0, 0.1) is 6.92 Å². The van der Waals surface area contributed by atoms with E-state index in [0.717, 1.165) is 11.0 Å². The number of methoxy groups -OCH3 is 2. The Bertz CT molecular complexity index is 579. The van der Waals surface area contributed by atoms with E-state index in [4.69, 9.17) is 14.0 Å². The summed E-state index contributed by atoms with van der Waals surface area (Å²) in [5, 5.41) is 0. The Morgan fingerprint density at radius 2 is 1.67 bits per heavy atom. The molecule has 0 amide bonds. The van der Waals surface area contributed by atoms with Gasteiger partial charge in [-0.3, -0.25) is 0 Å². The molecule has 1 aliphatic rings. The second-order valence-corrected chi connectivity index (χ2v) is 6.52. The fourth-order valence-electron chi connectivity index (χ4n) is 2.24. The Morgan fingerprint density at radius 1 is 1.17 bits per heavy atom. The third-order valence-electron chi connectivity index (χ3n) is 4.39. The highest BCUT2D eigenvalue weighted by molar-refractivity contribution is 6.64. The summed E-state index contributed by atoms with van der Waals surface area (Å²) in [5.74, 6) is -0.376. The van der Waals surface area contributed by atoms with Crippen LogP contribution in [0.4, 0.5) is 0 Å². The molecule has 0 unspecified atom stereocenters. The van der Waals surface area contributed by atoms with E-state index in [1.165, 1.54) is 13.4 Å². The molecule has 1 aromatic carbocycles. The number of carbonyl (C=O) groups is 1.